The SMILES string of the molecule is CCCC(C)NC(=O)CN1CC(O)(C(C)C)C1. The molecule has 1 saturated heterocycles. The second kappa shape index (κ2) is 5.83. The summed E-state index contributed by atoms with van der Waals surface area (Å²) >= 11 is 0. The Morgan fingerprint density at radius 2 is 2.00 bits per heavy atom. The molecule has 4 heteroatoms. The molecule has 0 bridgehead atoms. The summed E-state index contributed by atoms with van der Waals surface area (Å²) < 4.78 is 0. The summed E-state index contributed by atoms with van der Waals surface area (Å²) in [4.78, 5) is 13.7. The molecule has 0 radical (unpaired) electrons. The van der Waals surface area contributed by atoms with Crippen LogP contribution in [0.4, 0.5) is 0 Å². The molecule has 1 amide bonds. The van der Waals surface area contributed by atoms with Gasteiger partial charge in [-0.2, -0.15) is 0 Å². The van der Waals surface area contributed by atoms with Crippen molar-refractivity contribution >= 4 is 5.91 Å². The Balaban J connectivity index is 2.22. The summed E-state index contributed by atoms with van der Waals surface area (Å²) in [5, 5.41) is 13.0. The number of nitrogens with zero attached hydrogens (tertiary/aromatic N) is 1. The molecule has 1 heterocycles. The van der Waals surface area contributed by atoms with Crippen LogP contribution in [0.15, 0.2) is 0 Å². The molecule has 4 nitrogen and oxygen atoms in total. The average molecular weight is 242 g/mol. The Bertz CT molecular complexity index is 260. The van der Waals surface area contributed by atoms with E-state index in [1.807, 2.05) is 25.7 Å². The van der Waals surface area contributed by atoms with Gasteiger partial charge in [0, 0.05) is 19.1 Å². The number of amides is 1. The third-order valence-corrected chi connectivity index (χ3v) is 3.57. The van der Waals surface area contributed by atoms with E-state index in [1.54, 1.807) is 0 Å². The molecule has 2 N–H and O–H groups in total. The maximum atomic E-state index is 11.7. The van der Waals surface area contributed by atoms with Crippen LogP contribution >= 0.6 is 0 Å². The van der Waals surface area contributed by atoms with E-state index in [0.717, 1.165) is 12.8 Å². The lowest BCUT2D eigenvalue weighted by Crippen LogP contribution is -2.65. The highest BCUT2D eigenvalue weighted by Gasteiger charge is 2.43. The number of nitrogens with one attached hydrogen (secondary N) is 1. The fraction of sp³-hybridized carbons (Fsp3) is 0.923. The Hall–Kier alpha value is -0.610. The second-order valence-corrected chi connectivity index (χ2v) is 5.66. The normalized spacial score (nSPS) is 21.1. The Morgan fingerprint density at radius 1 is 1.41 bits per heavy atom. The zero-order chi connectivity index (χ0) is 13.1. The summed E-state index contributed by atoms with van der Waals surface area (Å²) in [5.74, 6) is 0.317. The number of carbonyl (C=O) groups excluding carboxylic acids is 1. The number of β-amino-alcohol motifs (C(OH)–C–C–N with tert-alkyl or cyclic N) is 1. The van der Waals surface area contributed by atoms with Crippen molar-refractivity contribution in [2.24, 2.45) is 5.92 Å². The average Bonchev–Trinajstić information content (AvgIpc) is 2.14. The van der Waals surface area contributed by atoms with E-state index >= 15 is 0 Å². The number of likely N-dealkylation sites (tertiary alicyclic amines) is 1. The van der Waals surface area contributed by atoms with Gasteiger partial charge in [0.15, 0.2) is 0 Å². The van der Waals surface area contributed by atoms with E-state index in [2.05, 4.69) is 12.2 Å². The van der Waals surface area contributed by atoms with E-state index < -0.39 is 5.60 Å². The molecule has 17 heavy (non-hydrogen) atoms. The number of hydrogen-bond donors (Lipinski definition) is 2. The topological polar surface area (TPSA) is 52.6 Å². The molecule has 0 aromatic rings. The van der Waals surface area contributed by atoms with Crippen molar-refractivity contribution in [2.45, 2.75) is 52.2 Å². The van der Waals surface area contributed by atoms with Gasteiger partial charge in [0.1, 0.15) is 0 Å². The van der Waals surface area contributed by atoms with Crippen molar-refractivity contribution in [3.05, 3.63) is 0 Å². The van der Waals surface area contributed by atoms with E-state index in [-0.39, 0.29) is 17.9 Å². The molecule has 0 spiro atoms. The van der Waals surface area contributed by atoms with Gasteiger partial charge in [-0.15, -0.1) is 0 Å². The fourth-order valence-electron chi connectivity index (χ4n) is 2.23. The summed E-state index contributed by atoms with van der Waals surface area (Å²) in [5.41, 5.74) is -0.588. The van der Waals surface area contributed by atoms with E-state index in [9.17, 15) is 9.90 Å². The van der Waals surface area contributed by atoms with E-state index in [4.69, 9.17) is 0 Å². The van der Waals surface area contributed by atoms with Crippen molar-refractivity contribution in [1.29, 1.82) is 0 Å². The molecule has 0 aromatic heterocycles. The van der Waals surface area contributed by atoms with Crippen LogP contribution in [0.5, 0.6) is 0 Å². The Kier molecular flexibility index (Phi) is 4.95. The molecule has 1 aliphatic rings. The second-order valence-electron chi connectivity index (χ2n) is 5.66. The van der Waals surface area contributed by atoms with Crippen LogP contribution in [-0.2, 0) is 4.79 Å². The minimum atomic E-state index is -0.588. The van der Waals surface area contributed by atoms with Gasteiger partial charge in [0.05, 0.1) is 12.1 Å². The molecule has 0 aromatic carbocycles. The summed E-state index contributed by atoms with van der Waals surface area (Å²) in [6.07, 6.45) is 2.10. The minimum absolute atomic E-state index is 0.0664. The quantitative estimate of drug-likeness (QED) is 0.730. The molecule has 0 aliphatic carbocycles. The van der Waals surface area contributed by atoms with Crippen LogP contribution in [0, 0.1) is 5.92 Å². The third kappa shape index (κ3) is 3.96. The predicted octanol–water partition coefficient (Wildman–Crippen LogP) is 0.994. The lowest BCUT2D eigenvalue weighted by Gasteiger charge is -2.48. The maximum absolute atomic E-state index is 11.7. The first kappa shape index (κ1) is 14.5. The minimum Gasteiger partial charge on any atom is -0.387 e. The van der Waals surface area contributed by atoms with Crippen molar-refractivity contribution in [2.75, 3.05) is 19.6 Å². The molecule has 1 rings (SSSR count). The van der Waals surface area contributed by atoms with Gasteiger partial charge in [-0.1, -0.05) is 27.2 Å². The standard InChI is InChI=1S/C13H26N2O2/c1-5-6-11(4)14-12(16)7-15-8-13(17,9-15)10(2)3/h10-11,17H,5-9H2,1-4H3,(H,14,16). The molecular formula is C13H26N2O2. The summed E-state index contributed by atoms with van der Waals surface area (Å²) in [7, 11) is 0. The molecular weight excluding hydrogens is 216 g/mol. The number of carbonyl (C=O) groups is 1. The van der Waals surface area contributed by atoms with Gasteiger partial charge >= 0.3 is 0 Å². The van der Waals surface area contributed by atoms with Crippen molar-refractivity contribution in [3.8, 4) is 0 Å². The van der Waals surface area contributed by atoms with Gasteiger partial charge in [-0.3, -0.25) is 9.69 Å². The molecule has 1 atom stereocenters. The van der Waals surface area contributed by atoms with E-state index in [1.165, 1.54) is 0 Å². The molecule has 100 valence electrons. The van der Waals surface area contributed by atoms with Gasteiger partial charge in [0.2, 0.25) is 5.91 Å². The largest absolute Gasteiger partial charge is 0.387 e. The van der Waals surface area contributed by atoms with Crippen molar-refractivity contribution in [3.63, 3.8) is 0 Å². The molecule has 1 fully saturated rings. The van der Waals surface area contributed by atoms with Gasteiger partial charge in [-0.25, -0.2) is 0 Å². The highest BCUT2D eigenvalue weighted by atomic mass is 16.3. The monoisotopic (exact) mass is 242 g/mol. The first-order chi connectivity index (χ1) is 7.87. The lowest BCUT2D eigenvalue weighted by atomic mass is 9.83. The van der Waals surface area contributed by atoms with Crippen LogP contribution in [0.1, 0.15) is 40.5 Å². The highest BCUT2D eigenvalue weighted by Crippen LogP contribution is 2.27. The van der Waals surface area contributed by atoms with Crippen molar-refractivity contribution in [1.82, 2.24) is 10.2 Å². The van der Waals surface area contributed by atoms with Crippen LogP contribution in [-0.4, -0.2) is 47.2 Å². The van der Waals surface area contributed by atoms with Gasteiger partial charge in [-0.05, 0) is 19.3 Å². The zero-order valence-corrected chi connectivity index (χ0v) is 11.5. The van der Waals surface area contributed by atoms with Gasteiger partial charge in [0.25, 0.3) is 0 Å². The van der Waals surface area contributed by atoms with Crippen LogP contribution < -0.4 is 5.32 Å². The first-order valence-electron chi connectivity index (χ1n) is 6.61. The molecule has 0 saturated carbocycles. The molecule has 1 aliphatic heterocycles. The number of rotatable bonds is 6. The summed E-state index contributed by atoms with van der Waals surface area (Å²) in [6, 6.07) is 0.248. The molecule has 1 unspecified atom stereocenters. The zero-order valence-electron chi connectivity index (χ0n) is 11.5. The van der Waals surface area contributed by atoms with Crippen LogP contribution in [0.2, 0.25) is 0 Å². The fourth-order valence-corrected chi connectivity index (χ4v) is 2.23. The third-order valence-electron chi connectivity index (χ3n) is 3.57. The smallest absolute Gasteiger partial charge is 0.234 e. The van der Waals surface area contributed by atoms with E-state index in [0.29, 0.717) is 19.6 Å². The number of aliphatic hydroxyl groups is 1. The van der Waals surface area contributed by atoms with Gasteiger partial charge < -0.3 is 10.4 Å². The Labute approximate surface area is 104 Å². The van der Waals surface area contributed by atoms with Crippen molar-refractivity contribution < 1.29 is 9.90 Å². The summed E-state index contributed by atoms with van der Waals surface area (Å²) in [6.45, 7) is 9.80. The first-order valence-corrected chi connectivity index (χ1v) is 6.61. The maximum Gasteiger partial charge on any atom is 0.234 e. The predicted molar refractivity (Wildman–Crippen MR) is 68.7 cm³/mol. The lowest BCUT2D eigenvalue weighted by molar-refractivity contribution is -0.142. The van der Waals surface area contributed by atoms with Crippen LogP contribution in [0.3, 0.4) is 0 Å². The van der Waals surface area contributed by atoms with Crippen LogP contribution in [0.25, 0.3) is 0 Å². The Morgan fingerprint density at radius 3 is 2.47 bits per heavy atom. The number of hydrogen-bond acceptors (Lipinski definition) is 3. The highest BCUT2D eigenvalue weighted by molar-refractivity contribution is 5.78.